The molecule has 0 radical (unpaired) electrons. The number of aromatic nitrogens is 2. The van der Waals surface area contributed by atoms with Crippen LogP contribution in [0.4, 0.5) is 0 Å². The van der Waals surface area contributed by atoms with E-state index in [1.807, 2.05) is 19.4 Å². The van der Waals surface area contributed by atoms with Gasteiger partial charge in [-0.3, -0.25) is 0 Å². The minimum Gasteiger partial charge on any atom is -0.338 e. The molecular weight excluding hydrogens is 210 g/mol. The molecule has 0 saturated heterocycles. The molecule has 0 unspecified atom stereocenters. The van der Waals surface area contributed by atoms with Crippen LogP contribution in [0.3, 0.4) is 0 Å². The highest BCUT2D eigenvalue weighted by atomic mass is 15.0. The van der Waals surface area contributed by atoms with Gasteiger partial charge >= 0.3 is 0 Å². The summed E-state index contributed by atoms with van der Waals surface area (Å²) in [4.78, 5) is 4.29. The van der Waals surface area contributed by atoms with Crippen molar-refractivity contribution in [2.24, 2.45) is 7.05 Å². The molecule has 2 aromatic rings. The maximum absolute atomic E-state index is 4.29. The van der Waals surface area contributed by atoms with Crippen LogP contribution in [-0.4, -0.2) is 16.1 Å². The van der Waals surface area contributed by atoms with Crippen molar-refractivity contribution in [1.29, 1.82) is 0 Å². The fraction of sp³-hybridized carbons (Fsp3) is 0.357. The summed E-state index contributed by atoms with van der Waals surface area (Å²) in [5.41, 5.74) is 2.64. The average Bonchev–Trinajstić information content (AvgIpc) is 2.73. The van der Waals surface area contributed by atoms with Gasteiger partial charge in [-0.2, -0.15) is 0 Å². The highest BCUT2D eigenvalue weighted by molar-refractivity contribution is 5.21. The SMILES string of the molecule is Cc1ccc(CNCCc2nccn2C)cc1. The largest absolute Gasteiger partial charge is 0.338 e. The highest BCUT2D eigenvalue weighted by Crippen LogP contribution is 2.02. The summed E-state index contributed by atoms with van der Waals surface area (Å²) in [7, 11) is 2.03. The van der Waals surface area contributed by atoms with E-state index >= 15 is 0 Å². The Bertz CT molecular complexity index is 457. The van der Waals surface area contributed by atoms with E-state index < -0.39 is 0 Å². The van der Waals surface area contributed by atoms with Gasteiger partial charge in [-0.25, -0.2) is 4.98 Å². The zero-order valence-corrected chi connectivity index (χ0v) is 10.5. The molecule has 0 amide bonds. The maximum Gasteiger partial charge on any atom is 0.109 e. The van der Waals surface area contributed by atoms with Crippen molar-refractivity contribution in [3.05, 3.63) is 53.6 Å². The van der Waals surface area contributed by atoms with Crippen LogP contribution in [0.25, 0.3) is 0 Å². The molecule has 3 nitrogen and oxygen atoms in total. The monoisotopic (exact) mass is 229 g/mol. The molecule has 1 aromatic carbocycles. The van der Waals surface area contributed by atoms with Crippen LogP contribution in [0.2, 0.25) is 0 Å². The molecule has 0 bridgehead atoms. The summed E-state index contributed by atoms with van der Waals surface area (Å²) < 4.78 is 2.06. The molecule has 90 valence electrons. The van der Waals surface area contributed by atoms with Gasteiger partial charge in [0.1, 0.15) is 5.82 Å². The topological polar surface area (TPSA) is 29.9 Å². The van der Waals surface area contributed by atoms with Crippen molar-refractivity contribution in [2.45, 2.75) is 19.9 Å². The van der Waals surface area contributed by atoms with Crippen LogP contribution in [0.15, 0.2) is 36.7 Å². The Morgan fingerprint density at radius 3 is 2.65 bits per heavy atom. The zero-order valence-electron chi connectivity index (χ0n) is 10.5. The number of hydrogen-bond acceptors (Lipinski definition) is 2. The third-order valence-corrected chi connectivity index (χ3v) is 2.90. The Labute approximate surface area is 103 Å². The fourth-order valence-corrected chi connectivity index (χ4v) is 1.78. The van der Waals surface area contributed by atoms with Crippen molar-refractivity contribution in [3.8, 4) is 0 Å². The maximum atomic E-state index is 4.29. The van der Waals surface area contributed by atoms with Crippen LogP contribution >= 0.6 is 0 Å². The van der Waals surface area contributed by atoms with Crippen molar-refractivity contribution >= 4 is 0 Å². The zero-order chi connectivity index (χ0) is 12.1. The summed E-state index contributed by atoms with van der Waals surface area (Å²) in [5, 5.41) is 3.43. The van der Waals surface area contributed by atoms with E-state index in [0.29, 0.717) is 0 Å². The summed E-state index contributed by atoms with van der Waals surface area (Å²) in [5.74, 6) is 1.13. The Morgan fingerprint density at radius 2 is 2.00 bits per heavy atom. The van der Waals surface area contributed by atoms with Crippen molar-refractivity contribution in [2.75, 3.05) is 6.54 Å². The minimum absolute atomic E-state index is 0.921. The minimum atomic E-state index is 0.921. The highest BCUT2D eigenvalue weighted by Gasteiger charge is 1.98. The first-order valence-corrected chi connectivity index (χ1v) is 5.98. The smallest absolute Gasteiger partial charge is 0.109 e. The summed E-state index contributed by atoms with van der Waals surface area (Å²) in [6.07, 6.45) is 4.79. The molecule has 0 fully saturated rings. The second-order valence-corrected chi connectivity index (χ2v) is 4.37. The van der Waals surface area contributed by atoms with Gasteiger partial charge in [0.2, 0.25) is 0 Å². The standard InChI is InChI=1S/C14H19N3/c1-12-3-5-13(6-4-12)11-15-8-7-14-16-9-10-17(14)2/h3-6,9-10,15H,7-8,11H2,1-2H3. The lowest BCUT2D eigenvalue weighted by Crippen LogP contribution is -2.18. The first-order valence-electron chi connectivity index (χ1n) is 5.98. The molecule has 0 saturated carbocycles. The van der Waals surface area contributed by atoms with Crippen LogP contribution in [0, 0.1) is 6.92 Å². The molecule has 0 atom stereocenters. The van der Waals surface area contributed by atoms with E-state index in [0.717, 1.165) is 25.3 Å². The summed E-state index contributed by atoms with van der Waals surface area (Å²) in [6, 6.07) is 8.64. The van der Waals surface area contributed by atoms with E-state index in [-0.39, 0.29) is 0 Å². The van der Waals surface area contributed by atoms with E-state index in [9.17, 15) is 0 Å². The lowest BCUT2D eigenvalue weighted by molar-refractivity contribution is 0.655. The van der Waals surface area contributed by atoms with Gasteiger partial charge in [-0.1, -0.05) is 29.8 Å². The molecule has 0 aliphatic carbocycles. The average molecular weight is 229 g/mol. The molecule has 1 heterocycles. The van der Waals surface area contributed by atoms with Crippen LogP contribution < -0.4 is 5.32 Å². The van der Waals surface area contributed by atoms with Crippen LogP contribution in [-0.2, 0) is 20.0 Å². The van der Waals surface area contributed by atoms with Gasteiger partial charge in [-0.05, 0) is 12.5 Å². The van der Waals surface area contributed by atoms with E-state index in [1.165, 1.54) is 11.1 Å². The summed E-state index contributed by atoms with van der Waals surface area (Å²) >= 11 is 0. The first kappa shape index (κ1) is 11.9. The molecule has 0 aliphatic heterocycles. The van der Waals surface area contributed by atoms with Crippen molar-refractivity contribution in [3.63, 3.8) is 0 Å². The molecular formula is C14H19N3. The second kappa shape index (κ2) is 5.64. The van der Waals surface area contributed by atoms with Gasteiger partial charge in [0.15, 0.2) is 0 Å². The third-order valence-electron chi connectivity index (χ3n) is 2.90. The predicted octanol–water partition coefficient (Wildman–Crippen LogP) is 2.06. The van der Waals surface area contributed by atoms with Gasteiger partial charge < -0.3 is 9.88 Å². The Kier molecular flexibility index (Phi) is 3.94. The number of rotatable bonds is 5. The normalized spacial score (nSPS) is 10.7. The van der Waals surface area contributed by atoms with Gasteiger partial charge in [-0.15, -0.1) is 0 Å². The predicted molar refractivity (Wildman–Crippen MR) is 69.8 cm³/mol. The third kappa shape index (κ3) is 3.43. The lowest BCUT2D eigenvalue weighted by atomic mass is 10.1. The van der Waals surface area contributed by atoms with Crippen LogP contribution in [0.5, 0.6) is 0 Å². The molecule has 3 heteroatoms. The van der Waals surface area contributed by atoms with Gasteiger partial charge in [0.05, 0.1) is 0 Å². The summed E-state index contributed by atoms with van der Waals surface area (Å²) in [6.45, 7) is 3.99. The quantitative estimate of drug-likeness (QED) is 0.795. The number of nitrogens with zero attached hydrogens (tertiary/aromatic N) is 2. The number of aryl methyl sites for hydroxylation is 2. The lowest BCUT2D eigenvalue weighted by Gasteiger charge is -2.05. The molecule has 1 aromatic heterocycles. The Balaban J connectivity index is 1.73. The Morgan fingerprint density at radius 1 is 1.24 bits per heavy atom. The van der Waals surface area contributed by atoms with E-state index in [1.54, 1.807) is 0 Å². The van der Waals surface area contributed by atoms with Crippen molar-refractivity contribution < 1.29 is 0 Å². The van der Waals surface area contributed by atoms with E-state index in [2.05, 4.69) is 46.1 Å². The van der Waals surface area contributed by atoms with Gasteiger partial charge in [0.25, 0.3) is 0 Å². The van der Waals surface area contributed by atoms with Gasteiger partial charge in [0, 0.05) is 39.0 Å². The molecule has 17 heavy (non-hydrogen) atoms. The fourth-order valence-electron chi connectivity index (χ4n) is 1.78. The molecule has 0 aliphatic rings. The van der Waals surface area contributed by atoms with Crippen molar-refractivity contribution in [1.82, 2.24) is 14.9 Å². The Hall–Kier alpha value is -1.61. The number of hydrogen-bond donors (Lipinski definition) is 1. The van der Waals surface area contributed by atoms with Crippen LogP contribution in [0.1, 0.15) is 17.0 Å². The molecule has 0 spiro atoms. The number of imidazole rings is 1. The van der Waals surface area contributed by atoms with E-state index in [4.69, 9.17) is 0 Å². The molecule has 1 N–H and O–H groups in total. The number of benzene rings is 1. The number of nitrogens with one attached hydrogen (secondary N) is 1. The molecule has 2 rings (SSSR count). The first-order chi connectivity index (χ1) is 8.25. The second-order valence-electron chi connectivity index (χ2n) is 4.37.